The van der Waals surface area contributed by atoms with Gasteiger partial charge in [0.1, 0.15) is 5.00 Å². The topological polar surface area (TPSA) is 83.5 Å². The predicted molar refractivity (Wildman–Crippen MR) is 96.6 cm³/mol. The smallest absolute Gasteiger partial charge is 0.339 e. The second kappa shape index (κ2) is 7.61. The lowest BCUT2D eigenvalue weighted by Gasteiger charge is -2.10. The van der Waals surface area contributed by atoms with Crippen molar-refractivity contribution >= 4 is 34.0 Å². The lowest BCUT2D eigenvalue weighted by Crippen LogP contribution is -2.15. The number of hydrogen-bond acceptors (Lipinski definition) is 4. The van der Waals surface area contributed by atoms with Crippen molar-refractivity contribution in [1.82, 2.24) is 0 Å². The summed E-state index contributed by atoms with van der Waals surface area (Å²) < 4.78 is 0. The molecular weight excluding hydrogens is 338 g/mol. The fourth-order valence-electron chi connectivity index (χ4n) is 3.06. The molecule has 5 nitrogen and oxygen atoms in total. The van der Waals surface area contributed by atoms with Gasteiger partial charge in [0.15, 0.2) is 5.78 Å². The highest BCUT2D eigenvalue weighted by Gasteiger charge is 2.26. The summed E-state index contributed by atoms with van der Waals surface area (Å²) in [6.07, 6.45) is 3.77. The number of carboxylic acids is 1. The number of carbonyl (C=O) groups excluding carboxylic acids is 2. The van der Waals surface area contributed by atoms with E-state index < -0.39 is 5.97 Å². The van der Waals surface area contributed by atoms with Crippen LogP contribution in [0.4, 0.5) is 5.00 Å². The zero-order valence-electron chi connectivity index (χ0n) is 13.7. The van der Waals surface area contributed by atoms with Crippen LogP contribution < -0.4 is 5.32 Å². The molecule has 130 valence electrons. The number of thiophene rings is 1. The van der Waals surface area contributed by atoms with Crippen LogP contribution in [-0.2, 0) is 17.6 Å². The maximum Gasteiger partial charge on any atom is 0.339 e. The number of carboxylic acid groups (broad SMARTS) is 1. The second-order valence-corrected chi connectivity index (χ2v) is 7.16. The molecule has 1 aromatic carbocycles. The first-order chi connectivity index (χ1) is 12.1. The summed E-state index contributed by atoms with van der Waals surface area (Å²) in [5.74, 6) is -1.43. The van der Waals surface area contributed by atoms with E-state index in [2.05, 4.69) is 5.32 Å². The molecule has 0 radical (unpaired) electrons. The van der Waals surface area contributed by atoms with E-state index in [1.807, 2.05) is 6.07 Å². The molecule has 2 aromatic rings. The summed E-state index contributed by atoms with van der Waals surface area (Å²) in [5, 5.41) is 12.6. The van der Waals surface area contributed by atoms with Crippen molar-refractivity contribution in [3.63, 3.8) is 0 Å². The zero-order chi connectivity index (χ0) is 17.8. The van der Waals surface area contributed by atoms with Gasteiger partial charge in [-0.2, -0.15) is 0 Å². The molecule has 1 aliphatic carbocycles. The summed E-state index contributed by atoms with van der Waals surface area (Å²) in [6.45, 7) is 0. The molecular formula is C19H19NO4S. The number of carbonyl (C=O) groups is 3. The maximum absolute atomic E-state index is 12.2. The molecule has 1 aromatic heterocycles. The van der Waals surface area contributed by atoms with Gasteiger partial charge in [-0.05, 0) is 31.2 Å². The molecule has 1 heterocycles. The number of aromatic carboxylic acids is 1. The van der Waals surface area contributed by atoms with Crippen molar-refractivity contribution in [3.05, 3.63) is 51.9 Å². The third-order valence-electron chi connectivity index (χ3n) is 4.31. The number of nitrogens with one attached hydrogen (secondary N) is 1. The van der Waals surface area contributed by atoms with Crippen molar-refractivity contribution in [2.45, 2.75) is 38.5 Å². The quantitative estimate of drug-likeness (QED) is 0.767. The second-order valence-electron chi connectivity index (χ2n) is 6.06. The number of aryl methyl sites for hydroxylation is 1. The summed E-state index contributed by atoms with van der Waals surface area (Å²) in [7, 11) is 0. The van der Waals surface area contributed by atoms with Crippen LogP contribution in [0.5, 0.6) is 0 Å². The van der Waals surface area contributed by atoms with E-state index >= 15 is 0 Å². The number of rotatable bonds is 6. The zero-order valence-corrected chi connectivity index (χ0v) is 14.5. The van der Waals surface area contributed by atoms with E-state index in [-0.39, 0.29) is 30.1 Å². The summed E-state index contributed by atoms with van der Waals surface area (Å²) in [5.41, 5.74) is 1.66. The highest BCUT2D eigenvalue weighted by molar-refractivity contribution is 7.17. The summed E-state index contributed by atoms with van der Waals surface area (Å²) in [6, 6.07) is 8.83. The van der Waals surface area contributed by atoms with Crippen molar-refractivity contribution in [1.29, 1.82) is 0 Å². The first-order valence-electron chi connectivity index (χ1n) is 8.32. The Kier molecular flexibility index (Phi) is 5.28. The maximum atomic E-state index is 12.2. The Balaban J connectivity index is 1.66. The van der Waals surface area contributed by atoms with Crippen LogP contribution >= 0.6 is 11.3 Å². The third kappa shape index (κ3) is 3.96. The Morgan fingerprint density at radius 3 is 2.48 bits per heavy atom. The van der Waals surface area contributed by atoms with Gasteiger partial charge in [-0.25, -0.2) is 4.79 Å². The van der Waals surface area contributed by atoms with Crippen LogP contribution in [0.1, 0.15) is 56.8 Å². The van der Waals surface area contributed by atoms with Crippen LogP contribution in [0.25, 0.3) is 0 Å². The van der Waals surface area contributed by atoms with E-state index in [9.17, 15) is 19.5 Å². The first kappa shape index (κ1) is 17.4. The van der Waals surface area contributed by atoms with Crippen molar-refractivity contribution < 1.29 is 19.5 Å². The van der Waals surface area contributed by atoms with E-state index in [1.54, 1.807) is 24.3 Å². The van der Waals surface area contributed by atoms with Gasteiger partial charge in [0.2, 0.25) is 5.91 Å². The lowest BCUT2D eigenvalue weighted by molar-refractivity contribution is -0.116. The van der Waals surface area contributed by atoms with Crippen LogP contribution in [0, 0.1) is 0 Å². The fraction of sp³-hybridized carbons (Fsp3) is 0.316. The molecule has 25 heavy (non-hydrogen) atoms. The van der Waals surface area contributed by atoms with Crippen LogP contribution in [0.2, 0.25) is 0 Å². The van der Waals surface area contributed by atoms with Crippen molar-refractivity contribution in [2.75, 3.05) is 5.32 Å². The van der Waals surface area contributed by atoms with E-state index in [1.165, 1.54) is 11.3 Å². The fourth-order valence-corrected chi connectivity index (χ4v) is 4.36. The van der Waals surface area contributed by atoms with Crippen LogP contribution in [0.15, 0.2) is 30.3 Å². The minimum absolute atomic E-state index is 0.0371. The normalized spacial score (nSPS) is 13.1. The first-order valence-corrected chi connectivity index (χ1v) is 9.14. The molecule has 0 bridgehead atoms. The van der Waals surface area contributed by atoms with E-state index in [0.717, 1.165) is 36.1 Å². The lowest BCUT2D eigenvalue weighted by atomic mass is 9.95. The van der Waals surface area contributed by atoms with Gasteiger partial charge in [0.25, 0.3) is 0 Å². The Hall–Kier alpha value is -2.47. The van der Waals surface area contributed by atoms with Gasteiger partial charge < -0.3 is 10.4 Å². The molecule has 0 spiro atoms. The molecule has 0 atom stereocenters. The Bertz CT molecular complexity index is 810. The van der Waals surface area contributed by atoms with E-state index in [0.29, 0.717) is 10.6 Å². The van der Waals surface area contributed by atoms with Gasteiger partial charge in [-0.1, -0.05) is 30.3 Å². The number of hydrogen-bond donors (Lipinski definition) is 2. The summed E-state index contributed by atoms with van der Waals surface area (Å²) in [4.78, 5) is 36.9. The van der Waals surface area contributed by atoms with Gasteiger partial charge in [-0.15, -0.1) is 11.3 Å². The standard InChI is InChI=1S/C19H19NO4S/c21-14(12-6-2-1-3-7-12)10-11-16(22)20-18-17(19(23)24)13-8-4-5-9-15(13)25-18/h1-3,6-7H,4-5,8-11H2,(H,20,22)(H,23,24). The Morgan fingerprint density at radius 1 is 1.04 bits per heavy atom. The largest absolute Gasteiger partial charge is 0.478 e. The van der Waals surface area contributed by atoms with Crippen LogP contribution in [0.3, 0.4) is 0 Å². The highest BCUT2D eigenvalue weighted by Crippen LogP contribution is 2.38. The minimum Gasteiger partial charge on any atom is -0.478 e. The molecule has 6 heteroatoms. The van der Waals surface area contributed by atoms with Crippen molar-refractivity contribution in [2.24, 2.45) is 0 Å². The number of Topliss-reactive ketones (excluding diaryl/α,β-unsaturated/α-hetero) is 1. The van der Waals surface area contributed by atoms with Gasteiger partial charge >= 0.3 is 5.97 Å². The number of amides is 1. The Labute approximate surface area is 149 Å². The molecule has 2 N–H and O–H groups in total. The Morgan fingerprint density at radius 2 is 1.76 bits per heavy atom. The number of anilines is 1. The monoisotopic (exact) mass is 357 g/mol. The van der Waals surface area contributed by atoms with Crippen LogP contribution in [-0.4, -0.2) is 22.8 Å². The van der Waals surface area contributed by atoms with E-state index in [4.69, 9.17) is 0 Å². The third-order valence-corrected chi connectivity index (χ3v) is 5.52. The minimum atomic E-state index is -1.00. The molecule has 0 fully saturated rings. The molecule has 1 amide bonds. The number of fused-ring (bicyclic) bond motifs is 1. The molecule has 0 saturated heterocycles. The molecule has 1 aliphatic rings. The predicted octanol–water partition coefficient (Wildman–Crippen LogP) is 3.93. The summed E-state index contributed by atoms with van der Waals surface area (Å²) >= 11 is 1.35. The molecule has 0 saturated carbocycles. The number of ketones is 1. The average Bonchev–Trinajstić information content (AvgIpc) is 2.98. The van der Waals surface area contributed by atoms with Crippen molar-refractivity contribution in [3.8, 4) is 0 Å². The highest BCUT2D eigenvalue weighted by atomic mass is 32.1. The van der Waals surface area contributed by atoms with Gasteiger partial charge in [-0.3, -0.25) is 9.59 Å². The molecule has 0 aliphatic heterocycles. The SMILES string of the molecule is O=C(CCC(=O)c1ccccc1)Nc1sc2c(c1C(=O)O)CCCC2. The number of benzene rings is 1. The average molecular weight is 357 g/mol. The molecule has 3 rings (SSSR count). The van der Waals surface area contributed by atoms with Gasteiger partial charge in [0.05, 0.1) is 5.56 Å². The molecule has 0 unspecified atom stereocenters. The van der Waals surface area contributed by atoms with Gasteiger partial charge in [0, 0.05) is 23.3 Å².